The fourth-order valence-corrected chi connectivity index (χ4v) is 3.41. The van der Waals surface area contributed by atoms with Crippen LogP contribution >= 0.6 is 24.0 Å². The third-order valence-corrected chi connectivity index (χ3v) is 4.60. The lowest BCUT2D eigenvalue weighted by Gasteiger charge is -2.37. The number of amides is 1. The molecule has 2 fully saturated rings. The Morgan fingerprint density at radius 1 is 1.41 bits per heavy atom. The standard InChI is InChI=1S/C16H21ClN2O2.ClH/c17-14-6-2-1-5-13(14)15-11-18-7-8-19(15)16(20)10-12-4-3-9-21-12;/h1-2,5-6,12,15,18H,3-4,7-11H2;1H. The number of benzene rings is 1. The van der Waals surface area contributed by atoms with E-state index in [1.165, 1.54) is 0 Å². The Balaban J connectivity index is 0.00000176. The van der Waals surface area contributed by atoms with Crippen LogP contribution in [0.1, 0.15) is 30.9 Å². The average Bonchev–Trinajstić information content (AvgIpc) is 3.01. The van der Waals surface area contributed by atoms with Gasteiger partial charge < -0.3 is 15.0 Å². The van der Waals surface area contributed by atoms with Gasteiger partial charge in [0.15, 0.2) is 0 Å². The predicted octanol–water partition coefficient (Wildman–Crippen LogP) is 2.80. The SMILES string of the molecule is Cl.O=C(CC1CCCO1)N1CCNCC1c1ccccc1Cl. The van der Waals surface area contributed by atoms with Gasteiger partial charge in [-0.2, -0.15) is 0 Å². The van der Waals surface area contributed by atoms with Crippen molar-refractivity contribution in [3.63, 3.8) is 0 Å². The number of nitrogens with one attached hydrogen (secondary N) is 1. The Morgan fingerprint density at radius 3 is 2.95 bits per heavy atom. The Morgan fingerprint density at radius 2 is 2.23 bits per heavy atom. The molecule has 2 aliphatic heterocycles. The van der Waals surface area contributed by atoms with E-state index in [-0.39, 0.29) is 30.5 Å². The maximum absolute atomic E-state index is 12.6. The predicted molar refractivity (Wildman–Crippen MR) is 89.6 cm³/mol. The van der Waals surface area contributed by atoms with E-state index in [0.29, 0.717) is 6.42 Å². The van der Waals surface area contributed by atoms with Gasteiger partial charge in [-0.1, -0.05) is 29.8 Å². The van der Waals surface area contributed by atoms with Crippen LogP contribution < -0.4 is 5.32 Å². The number of carbonyl (C=O) groups is 1. The second kappa shape index (κ2) is 8.16. The van der Waals surface area contributed by atoms with Crippen molar-refractivity contribution >= 4 is 29.9 Å². The highest BCUT2D eigenvalue weighted by Gasteiger charge is 2.31. The molecule has 2 unspecified atom stereocenters. The van der Waals surface area contributed by atoms with Crippen molar-refractivity contribution in [2.24, 2.45) is 0 Å². The lowest BCUT2D eigenvalue weighted by molar-refractivity contribution is -0.136. The van der Waals surface area contributed by atoms with Gasteiger partial charge in [0.05, 0.1) is 18.6 Å². The molecule has 1 amide bonds. The number of rotatable bonds is 3. The van der Waals surface area contributed by atoms with Crippen LogP contribution in [-0.4, -0.2) is 43.2 Å². The van der Waals surface area contributed by atoms with Crippen molar-refractivity contribution in [2.75, 3.05) is 26.2 Å². The Bertz CT molecular complexity index is 507. The van der Waals surface area contributed by atoms with E-state index in [9.17, 15) is 4.79 Å². The smallest absolute Gasteiger partial charge is 0.225 e. The summed E-state index contributed by atoms with van der Waals surface area (Å²) in [5.41, 5.74) is 1.02. The molecule has 2 aliphatic rings. The van der Waals surface area contributed by atoms with Crippen LogP contribution in [0, 0.1) is 0 Å². The first-order valence-electron chi connectivity index (χ1n) is 7.62. The minimum atomic E-state index is 0. The van der Waals surface area contributed by atoms with Crippen molar-refractivity contribution in [1.29, 1.82) is 0 Å². The molecule has 1 N–H and O–H groups in total. The first-order valence-corrected chi connectivity index (χ1v) is 7.99. The zero-order valence-electron chi connectivity index (χ0n) is 12.5. The number of halogens is 2. The topological polar surface area (TPSA) is 41.6 Å². The number of carbonyl (C=O) groups excluding carboxylic acids is 1. The first-order chi connectivity index (χ1) is 10.3. The molecule has 1 aromatic carbocycles. The van der Waals surface area contributed by atoms with E-state index >= 15 is 0 Å². The van der Waals surface area contributed by atoms with Crippen LogP contribution in [0.15, 0.2) is 24.3 Å². The van der Waals surface area contributed by atoms with E-state index in [0.717, 1.165) is 49.7 Å². The quantitative estimate of drug-likeness (QED) is 0.916. The fourth-order valence-electron chi connectivity index (χ4n) is 3.14. The molecule has 4 nitrogen and oxygen atoms in total. The minimum Gasteiger partial charge on any atom is -0.378 e. The molecule has 2 heterocycles. The summed E-state index contributed by atoms with van der Waals surface area (Å²) in [6.45, 7) is 3.09. The summed E-state index contributed by atoms with van der Waals surface area (Å²) in [7, 11) is 0. The Hall–Kier alpha value is -0.810. The van der Waals surface area contributed by atoms with Crippen LogP contribution in [0.2, 0.25) is 5.02 Å². The zero-order valence-corrected chi connectivity index (χ0v) is 14.0. The summed E-state index contributed by atoms with van der Waals surface area (Å²) in [5, 5.41) is 4.08. The van der Waals surface area contributed by atoms with Crippen molar-refractivity contribution in [3.8, 4) is 0 Å². The lowest BCUT2D eigenvalue weighted by atomic mass is 10.0. The molecule has 2 atom stereocenters. The maximum Gasteiger partial charge on any atom is 0.225 e. The Kier molecular flexibility index (Phi) is 6.50. The highest BCUT2D eigenvalue weighted by atomic mass is 35.5. The summed E-state index contributed by atoms with van der Waals surface area (Å²) < 4.78 is 5.59. The van der Waals surface area contributed by atoms with Gasteiger partial charge in [-0.3, -0.25) is 4.79 Å². The molecule has 0 spiro atoms. The molecule has 2 saturated heterocycles. The van der Waals surface area contributed by atoms with Crippen molar-refractivity contribution in [3.05, 3.63) is 34.9 Å². The number of hydrogen-bond acceptors (Lipinski definition) is 3. The third kappa shape index (κ3) is 3.93. The summed E-state index contributed by atoms with van der Waals surface area (Å²) in [5.74, 6) is 0.174. The molecular weight excluding hydrogens is 323 g/mol. The second-order valence-corrected chi connectivity index (χ2v) is 6.07. The van der Waals surface area contributed by atoms with Crippen LogP contribution in [0.4, 0.5) is 0 Å². The largest absolute Gasteiger partial charge is 0.378 e. The highest BCUT2D eigenvalue weighted by Crippen LogP contribution is 2.29. The molecule has 0 bridgehead atoms. The minimum absolute atomic E-state index is 0. The molecule has 0 radical (unpaired) electrons. The molecule has 6 heteroatoms. The van der Waals surface area contributed by atoms with Crippen LogP contribution in [-0.2, 0) is 9.53 Å². The number of nitrogens with zero attached hydrogens (tertiary/aromatic N) is 1. The van der Waals surface area contributed by atoms with Gasteiger partial charge in [0.25, 0.3) is 0 Å². The summed E-state index contributed by atoms with van der Waals surface area (Å²) in [6.07, 6.45) is 2.64. The summed E-state index contributed by atoms with van der Waals surface area (Å²) >= 11 is 6.31. The van der Waals surface area contributed by atoms with Crippen LogP contribution in [0.5, 0.6) is 0 Å². The normalized spacial score (nSPS) is 24.9. The van der Waals surface area contributed by atoms with Crippen LogP contribution in [0.25, 0.3) is 0 Å². The lowest BCUT2D eigenvalue weighted by Crippen LogP contribution is -2.49. The van der Waals surface area contributed by atoms with Gasteiger partial charge >= 0.3 is 0 Å². The first kappa shape index (κ1) is 17.5. The molecule has 122 valence electrons. The monoisotopic (exact) mass is 344 g/mol. The van der Waals surface area contributed by atoms with Gasteiger partial charge in [0, 0.05) is 31.3 Å². The van der Waals surface area contributed by atoms with Crippen LogP contribution in [0.3, 0.4) is 0 Å². The van der Waals surface area contributed by atoms with Crippen molar-refractivity contribution in [1.82, 2.24) is 10.2 Å². The zero-order chi connectivity index (χ0) is 14.7. The highest BCUT2D eigenvalue weighted by molar-refractivity contribution is 6.31. The third-order valence-electron chi connectivity index (χ3n) is 4.25. The van der Waals surface area contributed by atoms with Gasteiger partial charge in [0.2, 0.25) is 5.91 Å². The fraction of sp³-hybridized carbons (Fsp3) is 0.562. The molecule has 22 heavy (non-hydrogen) atoms. The molecule has 0 saturated carbocycles. The number of hydrogen-bond donors (Lipinski definition) is 1. The van der Waals surface area contributed by atoms with Crippen molar-refractivity contribution in [2.45, 2.75) is 31.4 Å². The average molecular weight is 345 g/mol. The van der Waals surface area contributed by atoms with Gasteiger partial charge in [0.1, 0.15) is 0 Å². The number of ether oxygens (including phenoxy) is 1. The molecule has 3 rings (SSSR count). The van der Waals surface area contributed by atoms with E-state index < -0.39 is 0 Å². The van der Waals surface area contributed by atoms with Gasteiger partial charge in [-0.05, 0) is 24.5 Å². The van der Waals surface area contributed by atoms with Gasteiger partial charge in [-0.25, -0.2) is 0 Å². The maximum atomic E-state index is 12.6. The van der Waals surface area contributed by atoms with E-state index in [1.54, 1.807) is 0 Å². The Labute approximate surface area is 142 Å². The van der Waals surface area contributed by atoms with E-state index in [4.69, 9.17) is 16.3 Å². The second-order valence-electron chi connectivity index (χ2n) is 5.67. The van der Waals surface area contributed by atoms with E-state index in [1.807, 2.05) is 29.2 Å². The van der Waals surface area contributed by atoms with Gasteiger partial charge in [-0.15, -0.1) is 12.4 Å². The molecule has 0 aliphatic carbocycles. The van der Waals surface area contributed by atoms with E-state index in [2.05, 4.69) is 5.32 Å². The molecular formula is C16H22Cl2N2O2. The molecule has 0 aromatic heterocycles. The number of piperazine rings is 1. The van der Waals surface area contributed by atoms with Crippen molar-refractivity contribution < 1.29 is 9.53 Å². The molecule has 1 aromatic rings. The summed E-state index contributed by atoms with van der Waals surface area (Å²) in [4.78, 5) is 14.6. The summed E-state index contributed by atoms with van der Waals surface area (Å²) in [6, 6.07) is 7.79.